The lowest BCUT2D eigenvalue weighted by Gasteiger charge is -2.36. The van der Waals surface area contributed by atoms with Gasteiger partial charge in [0.05, 0.1) is 29.8 Å². The van der Waals surface area contributed by atoms with Gasteiger partial charge in [0.15, 0.2) is 0 Å². The number of rotatable bonds is 7. The highest BCUT2D eigenvalue weighted by Gasteiger charge is 2.31. The minimum absolute atomic E-state index is 0.0645. The Morgan fingerprint density at radius 1 is 1.00 bits per heavy atom. The van der Waals surface area contributed by atoms with Gasteiger partial charge in [-0.3, -0.25) is 14.8 Å². The monoisotopic (exact) mass is 510 g/mol. The molecule has 1 amide bonds. The van der Waals surface area contributed by atoms with Gasteiger partial charge in [0.25, 0.3) is 0 Å². The first-order chi connectivity index (χ1) is 16.6. The van der Waals surface area contributed by atoms with Crippen molar-refractivity contribution in [2.24, 2.45) is 0 Å². The van der Waals surface area contributed by atoms with Crippen LogP contribution in [0.25, 0.3) is 0 Å². The third-order valence-electron chi connectivity index (χ3n) is 6.00. The molecule has 0 saturated carbocycles. The predicted octanol–water partition coefficient (Wildman–Crippen LogP) is 4.04. The fourth-order valence-corrected chi connectivity index (χ4v) is 4.93. The first kappa shape index (κ1) is 25.1. The molecule has 0 aliphatic carbocycles. The number of fused-ring (bicyclic) bond motifs is 1. The van der Waals surface area contributed by atoms with Crippen LogP contribution in [-0.2, 0) is 22.2 Å². The van der Waals surface area contributed by atoms with E-state index in [1.807, 2.05) is 9.21 Å². The molecule has 2 heterocycles. The van der Waals surface area contributed by atoms with Gasteiger partial charge in [-0.05, 0) is 48.4 Å². The van der Waals surface area contributed by atoms with E-state index in [-0.39, 0.29) is 18.7 Å². The first-order valence-electron chi connectivity index (χ1n) is 11.1. The summed E-state index contributed by atoms with van der Waals surface area (Å²) in [5.41, 5.74) is 1.99. The standard InChI is InChI=1S/C23H25F3N4O4S/c24-23(25,26)17-2-1-3-18(15-17)27-10-12-28(13-11-27)35-30(34)19-4-5-20-16(14-19)8-9-29(20)21(31)6-7-22(32)33/h1-5,14-15,34H,6-13H2,(H,32,33). The third-order valence-corrected chi connectivity index (χ3v) is 6.96. The molecule has 2 N–H and O–H groups in total. The van der Waals surface area contributed by atoms with Crippen LogP contribution < -0.4 is 14.3 Å². The summed E-state index contributed by atoms with van der Waals surface area (Å²) in [6, 6.07) is 10.5. The zero-order valence-corrected chi connectivity index (χ0v) is 19.6. The van der Waals surface area contributed by atoms with E-state index in [4.69, 9.17) is 5.11 Å². The van der Waals surface area contributed by atoms with Gasteiger partial charge in [-0.15, -0.1) is 0 Å². The predicted molar refractivity (Wildman–Crippen MR) is 126 cm³/mol. The second-order valence-corrected chi connectivity index (χ2v) is 9.35. The van der Waals surface area contributed by atoms with Gasteiger partial charge in [-0.2, -0.15) is 17.6 Å². The van der Waals surface area contributed by atoms with E-state index < -0.39 is 17.7 Å². The van der Waals surface area contributed by atoms with Crippen molar-refractivity contribution in [2.75, 3.05) is 47.0 Å². The van der Waals surface area contributed by atoms with E-state index in [0.29, 0.717) is 50.5 Å². The number of alkyl halides is 3. The Bertz CT molecular complexity index is 1090. The minimum atomic E-state index is -4.39. The number of piperazine rings is 1. The number of benzene rings is 2. The Morgan fingerprint density at radius 2 is 1.74 bits per heavy atom. The van der Waals surface area contributed by atoms with E-state index in [2.05, 4.69) is 0 Å². The highest BCUT2D eigenvalue weighted by atomic mass is 32.2. The van der Waals surface area contributed by atoms with Crippen LogP contribution in [0.15, 0.2) is 42.5 Å². The van der Waals surface area contributed by atoms with Crippen LogP contribution in [-0.4, -0.2) is 59.2 Å². The first-order valence-corrected chi connectivity index (χ1v) is 11.8. The van der Waals surface area contributed by atoms with Gasteiger partial charge < -0.3 is 14.9 Å². The number of carboxylic acids is 1. The van der Waals surface area contributed by atoms with Gasteiger partial charge in [0, 0.05) is 50.5 Å². The van der Waals surface area contributed by atoms with Crippen molar-refractivity contribution in [3.05, 3.63) is 53.6 Å². The Balaban J connectivity index is 1.32. The summed E-state index contributed by atoms with van der Waals surface area (Å²) in [7, 11) is 0. The van der Waals surface area contributed by atoms with Crippen LogP contribution in [0.2, 0.25) is 0 Å². The highest BCUT2D eigenvalue weighted by molar-refractivity contribution is 7.98. The molecule has 2 aromatic carbocycles. The number of halogens is 3. The molecule has 0 spiro atoms. The summed E-state index contributed by atoms with van der Waals surface area (Å²) in [6.07, 6.45) is -4.06. The van der Waals surface area contributed by atoms with Crippen molar-refractivity contribution in [3.8, 4) is 0 Å². The van der Waals surface area contributed by atoms with Crippen LogP contribution in [0.5, 0.6) is 0 Å². The van der Waals surface area contributed by atoms with E-state index in [0.717, 1.165) is 40.0 Å². The van der Waals surface area contributed by atoms with E-state index in [1.165, 1.54) is 6.07 Å². The molecule has 4 rings (SSSR count). The zero-order chi connectivity index (χ0) is 25.2. The Labute approximate surface area is 204 Å². The molecular formula is C23H25F3N4O4S. The van der Waals surface area contributed by atoms with Crippen LogP contribution in [0.4, 0.5) is 30.2 Å². The summed E-state index contributed by atoms with van der Waals surface area (Å²) in [5, 5.41) is 19.4. The number of hydrogen-bond donors (Lipinski definition) is 2. The number of hydrogen-bond acceptors (Lipinski definition) is 7. The summed E-state index contributed by atoms with van der Waals surface area (Å²) < 4.78 is 42.0. The van der Waals surface area contributed by atoms with Crippen molar-refractivity contribution in [1.82, 2.24) is 4.31 Å². The van der Waals surface area contributed by atoms with Gasteiger partial charge in [0.1, 0.15) is 0 Å². The second kappa shape index (κ2) is 10.3. The quantitative estimate of drug-likeness (QED) is 0.426. The molecule has 0 atom stereocenters. The number of anilines is 3. The van der Waals surface area contributed by atoms with Gasteiger partial charge in [-0.1, -0.05) is 6.07 Å². The molecule has 35 heavy (non-hydrogen) atoms. The maximum absolute atomic E-state index is 13.0. The van der Waals surface area contributed by atoms with E-state index >= 15 is 0 Å². The molecule has 2 aliphatic heterocycles. The summed E-state index contributed by atoms with van der Waals surface area (Å²) >= 11 is 1.11. The molecule has 0 bridgehead atoms. The molecule has 12 heteroatoms. The number of carbonyl (C=O) groups excluding carboxylic acids is 1. The number of aliphatic carboxylic acids is 1. The average molecular weight is 511 g/mol. The van der Waals surface area contributed by atoms with Crippen LogP contribution in [0.1, 0.15) is 24.0 Å². The minimum Gasteiger partial charge on any atom is -0.481 e. The summed E-state index contributed by atoms with van der Waals surface area (Å²) in [5.74, 6) is -1.26. The van der Waals surface area contributed by atoms with Crippen molar-refractivity contribution < 1.29 is 33.1 Å². The van der Waals surface area contributed by atoms with Crippen LogP contribution >= 0.6 is 12.1 Å². The molecule has 2 aliphatic rings. The van der Waals surface area contributed by atoms with Crippen molar-refractivity contribution >= 4 is 41.1 Å². The molecule has 1 fully saturated rings. The fourth-order valence-electron chi connectivity index (χ4n) is 4.18. The van der Waals surface area contributed by atoms with Crippen molar-refractivity contribution in [1.29, 1.82) is 0 Å². The number of nitrogens with zero attached hydrogens (tertiary/aromatic N) is 4. The Hall–Kier alpha value is -2.96. The second-order valence-electron chi connectivity index (χ2n) is 8.32. The Kier molecular flexibility index (Phi) is 7.43. The van der Waals surface area contributed by atoms with E-state index in [1.54, 1.807) is 29.2 Å². The number of amides is 1. The lowest BCUT2D eigenvalue weighted by atomic mass is 10.1. The largest absolute Gasteiger partial charge is 0.481 e. The molecule has 1 saturated heterocycles. The van der Waals surface area contributed by atoms with Crippen LogP contribution in [0.3, 0.4) is 0 Å². The van der Waals surface area contributed by atoms with Crippen molar-refractivity contribution in [3.63, 3.8) is 0 Å². The lowest BCUT2D eigenvalue weighted by molar-refractivity contribution is -0.138. The molecule has 0 radical (unpaired) electrons. The van der Waals surface area contributed by atoms with Crippen LogP contribution in [0, 0.1) is 0 Å². The molecule has 188 valence electrons. The smallest absolute Gasteiger partial charge is 0.416 e. The molecular weight excluding hydrogens is 485 g/mol. The summed E-state index contributed by atoms with van der Waals surface area (Å²) in [4.78, 5) is 26.5. The average Bonchev–Trinajstić information content (AvgIpc) is 3.26. The van der Waals surface area contributed by atoms with Crippen molar-refractivity contribution in [2.45, 2.75) is 25.4 Å². The fraction of sp³-hybridized carbons (Fsp3) is 0.391. The number of carbonyl (C=O) groups is 2. The molecule has 2 aromatic rings. The molecule has 0 unspecified atom stereocenters. The van der Waals surface area contributed by atoms with Gasteiger partial charge in [0.2, 0.25) is 5.91 Å². The summed E-state index contributed by atoms with van der Waals surface area (Å²) in [6.45, 7) is 2.57. The van der Waals surface area contributed by atoms with E-state index in [9.17, 15) is 28.0 Å². The lowest BCUT2D eigenvalue weighted by Crippen LogP contribution is -2.44. The zero-order valence-electron chi connectivity index (χ0n) is 18.7. The number of carboxylic acid groups (broad SMARTS) is 1. The maximum atomic E-state index is 13.0. The molecule has 0 aromatic heterocycles. The maximum Gasteiger partial charge on any atom is 0.416 e. The normalized spacial score (nSPS) is 16.3. The molecule has 8 nitrogen and oxygen atoms in total. The van der Waals surface area contributed by atoms with Gasteiger partial charge in [-0.25, -0.2) is 4.31 Å². The highest BCUT2D eigenvalue weighted by Crippen LogP contribution is 2.35. The SMILES string of the molecule is O=C(O)CCC(=O)N1CCc2cc(N(O)SN3CCN(c4cccc(C(F)(F)F)c4)CC3)ccc21. The Morgan fingerprint density at radius 3 is 2.43 bits per heavy atom. The topological polar surface area (TPSA) is 87.6 Å². The van der Waals surface area contributed by atoms with Gasteiger partial charge >= 0.3 is 12.1 Å². The third kappa shape index (κ3) is 6.00.